The van der Waals surface area contributed by atoms with Gasteiger partial charge < -0.3 is 40.8 Å². The molecule has 0 radical (unpaired) electrons. The van der Waals surface area contributed by atoms with E-state index in [0.717, 1.165) is 0 Å². The van der Waals surface area contributed by atoms with Crippen molar-refractivity contribution in [1.29, 1.82) is 0 Å². The lowest BCUT2D eigenvalue weighted by molar-refractivity contribution is -0.129. The van der Waals surface area contributed by atoms with E-state index >= 15 is 4.39 Å². The second kappa shape index (κ2) is 17.5. The number of primary amides is 1. The van der Waals surface area contributed by atoms with Gasteiger partial charge in [0.2, 0.25) is 11.8 Å². The van der Waals surface area contributed by atoms with Gasteiger partial charge in [0.05, 0.1) is 7.11 Å². The van der Waals surface area contributed by atoms with Crippen LogP contribution in [0.25, 0.3) is 0 Å². The molecule has 0 spiro atoms. The van der Waals surface area contributed by atoms with Crippen LogP contribution in [0.3, 0.4) is 0 Å². The minimum absolute atomic E-state index is 0.00717. The Morgan fingerprint density at radius 2 is 1.80 bits per heavy atom. The fraction of sp³-hybridized carbons (Fsp3) is 0.343. The number of hydrogen-bond acceptors (Lipinski definition) is 8. The average molecular weight is 678 g/mol. The van der Waals surface area contributed by atoms with Crippen LogP contribution in [0.2, 0.25) is 0 Å². The van der Waals surface area contributed by atoms with Crippen LogP contribution in [0.5, 0.6) is 23.0 Å². The summed E-state index contributed by atoms with van der Waals surface area (Å²) in [6, 6.07) is 14.2. The number of fused-ring (bicyclic) bond motifs is 16. The molecule has 2 aliphatic rings. The van der Waals surface area contributed by atoms with Crippen LogP contribution in [0.15, 0.2) is 60.7 Å². The molecule has 14 heteroatoms. The Labute approximate surface area is 283 Å². The van der Waals surface area contributed by atoms with E-state index < -0.39 is 29.6 Å². The summed E-state index contributed by atoms with van der Waals surface area (Å²) in [6.45, 7) is 2.06. The Bertz CT molecular complexity index is 1680. The van der Waals surface area contributed by atoms with E-state index in [1.807, 2.05) is 0 Å². The number of nitrogens with two attached hydrogens (primary N) is 1. The summed E-state index contributed by atoms with van der Waals surface area (Å²) in [6.07, 6.45) is 1.03. The van der Waals surface area contributed by atoms with Crippen molar-refractivity contribution in [3.8, 4) is 23.0 Å². The van der Waals surface area contributed by atoms with Gasteiger partial charge in [-0.25, -0.2) is 4.39 Å². The minimum Gasteiger partial charge on any atom is -0.493 e. The summed E-state index contributed by atoms with van der Waals surface area (Å²) in [4.78, 5) is 65.1. The highest BCUT2D eigenvalue weighted by atomic mass is 19.1. The fourth-order valence-electron chi connectivity index (χ4n) is 5.06. The number of nitrogens with one attached hydrogen (secondary N) is 3. The Kier molecular flexibility index (Phi) is 12.9. The molecule has 5 amide bonds. The number of ether oxygens (including phenoxy) is 3. The van der Waals surface area contributed by atoms with E-state index in [-0.39, 0.29) is 79.6 Å². The predicted molar refractivity (Wildman–Crippen MR) is 177 cm³/mol. The molecule has 5 N–H and O–H groups in total. The van der Waals surface area contributed by atoms with Crippen molar-refractivity contribution in [1.82, 2.24) is 20.9 Å². The van der Waals surface area contributed by atoms with Crippen LogP contribution < -0.4 is 35.9 Å². The Morgan fingerprint density at radius 1 is 1.00 bits per heavy atom. The molecule has 260 valence electrons. The van der Waals surface area contributed by atoms with E-state index in [4.69, 9.17) is 19.9 Å². The number of methoxy groups -OCH3 is 1. The topological polar surface area (TPSA) is 178 Å². The van der Waals surface area contributed by atoms with Gasteiger partial charge in [0.15, 0.2) is 29.7 Å². The monoisotopic (exact) mass is 677 g/mol. The fourth-order valence-corrected chi connectivity index (χ4v) is 5.06. The molecule has 0 aromatic heterocycles. The first-order valence-electron chi connectivity index (χ1n) is 15.9. The molecular weight excluding hydrogens is 637 g/mol. The molecule has 2 heterocycles. The maximum atomic E-state index is 15.1. The van der Waals surface area contributed by atoms with E-state index in [1.165, 1.54) is 37.4 Å². The second-order valence-corrected chi connectivity index (χ2v) is 11.3. The molecule has 1 atom stereocenters. The molecular formula is C35H40FN5O8. The number of carbonyl (C=O) groups excluding carboxylic acids is 5. The number of rotatable bonds is 6. The van der Waals surface area contributed by atoms with E-state index in [1.54, 1.807) is 42.2 Å². The first kappa shape index (κ1) is 36.2. The number of amides is 5. The largest absolute Gasteiger partial charge is 0.493 e. The highest BCUT2D eigenvalue weighted by Gasteiger charge is 2.21. The second-order valence-electron chi connectivity index (χ2n) is 11.3. The maximum Gasteiger partial charge on any atom is 0.255 e. The van der Waals surface area contributed by atoms with Crippen molar-refractivity contribution >= 4 is 29.5 Å². The van der Waals surface area contributed by atoms with E-state index in [0.29, 0.717) is 30.4 Å². The zero-order valence-corrected chi connectivity index (χ0v) is 27.4. The smallest absolute Gasteiger partial charge is 0.255 e. The summed E-state index contributed by atoms with van der Waals surface area (Å²) < 4.78 is 31.6. The van der Waals surface area contributed by atoms with Crippen LogP contribution >= 0.6 is 0 Å². The van der Waals surface area contributed by atoms with Crippen molar-refractivity contribution in [2.24, 2.45) is 5.73 Å². The van der Waals surface area contributed by atoms with Gasteiger partial charge in [-0.3, -0.25) is 24.0 Å². The predicted octanol–water partition coefficient (Wildman–Crippen LogP) is 3.06. The van der Waals surface area contributed by atoms with Crippen molar-refractivity contribution in [3.63, 3.8) is 0 Å². The van der Waals surface area contributed by atoms with Crippen molar-refractivity contribution in [2.45, 2.75) is 45.2 Å². The highest BCUT2D eigenvalue weighted by Crippen LogP contribution is 2.34. The normalized spacial score (nSPS) is 16.4. The summed E-state index contributed by atoms with van der Waals surface area (Å²) in [5.41, 5.74) is 6.17. The Hall–Kier alpha value is -5.66. The van der Waals surface area contributed by atoms with Gasteiger partial charge in [-0.05, 0) is 73.4 Å². The lowest BCUT2D eigenvalue weighted by Crippen LogP contribution is -2.46. The molecule has 2 aliphatic heterocycles. The van der Waals surface area contributed by atoms with Gasteiger partial charge in [-0.1, -0.05) is 19.1 Å². The summed E-state index contributed by atoms with van der Waals surface area (Å²) in [5, 5.41) is 8.28. The van der Waals surface area contributed by atoms with Gasteiger partial charge in [0.25, 0.3) is 17.7 Å². The summed E-state index contributed by atoms with van der Waals surface area (Å²) >= 11 is 0. The van der Waals surface area contributed by atoms with Crippen molar-refractivity contribution in [2.75, 3.05) is 33.4 Å². The number of nitrogens with zero attached hydrogens (tertiary/aromatic N) is 1. The summed E-state index contributed by atoms with van der Waals surface area (Å²) in [5.74, 6) is -2.33. The summed E-state index contributed by atoms with van der Waals surface area (Å²) in [7, 11) is 1.42. The zero-order chi connectivity index (χ0) is 35.3. The Morgan fingerprint density at radius 3 is 2.53 bits per heavy atom. The minimum atomic E-state index is -0.814. The molecule has 49 heavy (non-hydrogen) atoms. The van der Waals surface area contributed by atoms with Crippen molar-refractivity contribution in [3.05, 3.63) is 83.2 Å². The molecule has 3 aromatic rings. The third-order valence-corrected chi connectivity index (χ3v) is 7.64. The van der Waals surface area contributed by atoms with E-state index in [9.17, 15) is 24.0 Å². The molecule has 0 saturated heterocycles. The molecule has 0 fully saturated rings. The van der Waals surface area contributed by atoms with Crippen molar-refractivity contribution < 1.29 is 42.6 Å². The molecule has 0 saturated carbocycles. The molecule has 3 aromatic carbocycles. The van der Waals surface area contributed by atoms with Gasteiger partial charge in [0, 0.05) is 43.7 Å². The quantitative estimate of drug-likeness (QED) is 0.308. The highest BCUT2D eigenvalue weighted by molar-refractivity contribution is 5.95. The number of benzene rings is 3. The lowest BCUT2D eigenvalue weighted by Gasteiger charge is -2.23. The number of carbonyl (C=O) groups is 5. The van der Waals surface area contributed by atoms with Crippen LogP contribution in [-0.4, -0.2) is 73.8 Å². The first-order valence-corrected chi connectivity index (χ1v) is 15.9. The molecule has 4 bridgehead atoms. The third kappa shape index (κ3) is 10.4. The third-order valence-electron chi connectivity index (χ3n) is 7.64. The zero-order valence-electron chi connectivity index (χ0n) is 27.4. The van der Waals surface area contributed by atoms with E-state index in [2.05, 4.69) is 16.0 Å². The van der Waals surface area contributed by atoms with Gasteiger partial charge in [-0.15, -0.1) is 0 Å². The first-order chi connectivity index (χ1) is 23.6. The van der Waals surface area contributed by atoms with Crippen LogP contribution in [0.1, 0.15) is 58.9 Å². The van der Waals surface area contributed by atoms with Crippen LogP contribution in [-0.2, 0) is 20.9 Å². The molecule has 0 aliphatic carbocycles. The average Bonchev–Trinajstić information content (AvgIpc) is 3.09. The van der Waals surface area contributed by atoms with Gasteiger partial charge in [-0.2, -0.15) is 0 Å². The number of halogens is 1. The van der Waals surface area contributed by atoms with Gasteiger partial charge in [0.1, 0.15) is 11.8 Å². The lowest BCUT2D eigenvalue weighted by atomic mass is 10.1. The molecule has 5 rings (SSSR count). The molecule has 0 unspecified atom stereocenters. The maximum absolute atomic E-state index is 15.1. The standard InChI is InChI=1S/C35H40FN5O8/c1-3-27-34(45)39-20-22-10-12-28(26(36)17-22)49-30-19-23(11-13-29(30)47-2)33(44)38-14-6-16-41(15-5-9-32(43)40-27)35(46)24-7-4-8-25(18-24)48-21-31(37)42/h4,7-8,10-13,17-19,27H,3,5-6,9,14-16,20-21H2,1-2H3,(H2,37,42)(H,38,44)(H,39,45)(H,40,43)/t27-/m0/s1. The van der Waals surface area contributed by atoms with Crippen LogP contribution in [0.4, 0.5) is 4.39 Å². The SMILES string of the molecule is CC[C@@H]1NC(=O)CCCN(C(=O)c2cccc(OCC(N)=O)c2)CCCNC(=O)c2ccc(OC)c(c2)Oc2ccc(cc2F)CNC1=O. The Balaban J connectivity index is 1.56. The number of hydrogen-bond donors (Lipinski definition) is 4. The van der Waals surface area contributed by atoms with Crippen LogP contribution in [0, 0.1) is 5.82 Å². The molecule has 13 nitrogen and oxygen atoms in total. The van der Waals surface area contributed by atoms with Gasteiger partial charge >= 0.3 is 0 Å².